The van der Waals surface area contributed by atoms with Gasteiger partial charge in [0.05, 0.1) is 0 Å². The lowest BCUT2D eigenvalue weighted by atomic mass is 9.94. The van der Waals surface area contributed by atoms with Crippen molar-refractivity contribution in [2.75, 3.05) is 0 Å². The van der Waals surface area contributed by atoms with Crippen molar-refractivity contribution in [1.29, 1.82) is 0 Å². The highest BCUT2D eigenvalue weighted by Gasteiger charge is 2.26. The van der Waals surface area contributed by atoms with Crippen LogP contribution >= 0.6 is 0 Å². The third-order valence-corrected chi connectivity index (χ3v) is 11.2. The quantitative estimate of drug-likeness (QED) is 0.197. The van der Waals surface area contributed by atoms with E-state index in [0.29, 0.717) is 5.84 Å². The zero-order valence-electron chi connectivity index (χ0n) is 30.0. The van der Waals surface area contributed by atoms with Gasteiger partial charge in [0.1, 0.15) is 34.3 Å². The molecule has 9 aromatic carbocycles. The van der Waals surface area contributed by atoms with Gasteiger partial charge in [-0.2, -0.15) is 0 Å². The third kappa shape index (κ3) is 4.88. The number of nitrogens with zero attached hydrogens (tertiary/aromatic N) is 2. The van der Waals surface area contributed by atoms with Crippen molar-refractivity contribution in [2.45, 2.75) is 6.17 Å². The van der Waals surface area contributed by atoms with Crippen molar-refractivity contribution in [2.24, 2.45) is 9.98 Å². The van der Waals surface area contributed by atoms with Gasteiger partial charge in [-0.05, 0) is 97.5 Å². The Balaban J connectivity index is 1.10. The Hall–Kier alpha value is -7.50. The maximum Gasteiger partial charge on any atom is 0.159 e. The first-order valence-electron chi connectivity index (χ1n) is 18.9. The molecule has 1 aliphatic heterocycles. The average molecular weight is 718 g/mol. The Labute approximate surface area is 320 Å². The minimum absolute atomic E-state index is 0.410. The van der Waals surface area contributed by atoms with Gasteiger partial charge in [-0.25, -0.2) is 9.98 Å². The number of amidine groups is 2. The Bertz CT molecular complexity index is 3480. The fourth-order valence-corrected chi connectivity index (χ4v) is 8.54. The molecule has 0 radical (unpaired) electrons. The molecule has 0 fully saturated rings. The number of nitrogens with one attached hydrogen (secondary N) is 1. The van der Waals surface area contributed by atoms with Crippen LogP contribution < -0.4 is 5.32 Å². The Morgan fingerprint density at radius 3 is 1.88 bits per heavy atom. The molecule has 1 aliphatic rings. The topological polar surface area (TPSA) is 63.0 Å². The SMILES string of the molecule is c1ccc2cc(-c3cc(C4=NC(c5ccc6ccccc6c5)NC(c5cccc6oc7cc8ccccc8cc7c56)=N4)cc4oc5ccccc5c34)ccc2c1. The summed E-state index contributed by atoms with van der Waals surface area (Å²) in [5.41, 5.74) is 8.35. The number of para-hydroxylation sites is 1. The number of benzene rings is 9. The molecule has 0 saturated heterocycles. The second-order valence-corrected chi connectivity index (χ2v) is 14.6. The fourth-order valence-electron chi connectivity index (χ4n) is 8.54. The number of rotatable bonds is 4. The van der Waals surface area contributed by atoms with Crippen molar-refractivity contribution >= 4 is 87.9 Å². The first kappa shape index (κ1) is 30.9. The summed E-state index contributed by atoms with van der Waals surface area (Å²) in [7, 11) is 0. The van der Waals surface area contributed by atoms with E-state index >= 15 is 0 Å². The van der Waals surface area contributed by atoms with Gasteiger partial charge in [-0.15, -0.1) is 0 Å². The van der Waals surface area contributed by atoms with E-state index in [0.717, 1.165) is 93.7 Å². The van der Waals surface area contributed by atoms with Crippen LogP contribution in [0, 0.1) is 0 Å². The van der Waals surface area contributed by atoms with Crippen LogP contribution in [0.3, 0.4) is 0 Å². The van der Waals surface area contributed by atoms with Crippen LogP contribution in [0.2, 0.25) is 0 Å². The minimum Gasteiger partial charge on any atom is -0.456 e. The molecule has 0 bridgehead atoms. The molecule has 262 valence electrons. The maximum atomic E-state index is 6.60. The van der Waals surface area contributed by atoms with Crippen LogP contribution in [0.15, 0.2) is 195 Å². The lowest BCUT2D eigenvalue weighted by molar-refractivity contribution is 0.667. The predicted octanol–water partition coefficient (Wildman–Crippen LogP) is 13.1. The monoisotopic (exact) mass is 717 g/mol. The van der Waals surface area contributed by atoms with Crippen molar-refractivity contribution in [3.8, 4) is 11.1 Å². The van der Waals surface area contributed by atoms with Crippen molar-refractivity contribution in [3.63, 3.8) is 0 Å². The summed E-state index contributed by atoms with van der Waals surface area (Å²) in [6.07, 6.45) is -0.410. The molecular weight excluding hydrogens is 687 g/mol. The van der Waals surface area contributed by atoms with Crippen LogP contribution in [0.25, 0.3) is 87.3 Å². The van der Waals surface area contributed by atoms with Gasteiger partial charge < -0.3 is 14.2 Å². The summed E-state index contributed by atoms with van der Waals surface area (Å²) in [6.45, 7) is 0. The largest absolute Gasteiger partial charge is 0.456 e. The van der Waals surface area contributed by atoms with E-state index in [1.54, 1.807) is 0 Å². The molecule has 56 heavy (non-hydrogen) atoms. The van der Waals surface area contributed by atoms with Gasteiger partial charge in [0.25, 0.3) is 0 Å². The van der Waals surface area contributed by atoms with E-state index in [1.165, 1.54) is 16.2 Å². The van der Waals surface area contributed by atoms with Crippen LogP contribution in [0.1, 0.15) is 22.9 Å². The standard InChI is InChI=1S/C51H31N3O2/c1-3-12-32-24-36(22-20-30(32)10-1)41-27-38(29-46-47(41)39-16-7-8-18-43(39)55-46)50-52-49(37-23-21-31-11-2-4-13-33(31)25-37)53-51(54-50)40-17-9-19-44-48(40)42-26-34-14-5-6-15-35(34)28-45(42)56-44/h1-29,49H,(H,52,53,54). The summed E-state index contributed by atoms with van der Waals surface area (Å²) in [4.78, 5) is 10.8. The van der Waals surface area contributed by atoms with Crippen molar-refractivity contribution < 1.29 is 8.83 Å². The van der Waals surface area contributed by atoms with Gasteiger partial charge in [0.2, 0.25) is 0 Å². The molecule has 0 saturated carbocycles. The lowest BCUT2D eigenvalue weighted by Crippen LogP contribution is -2.33. The first-order valence-corrected chi connectivity index (χ1v) is 18.9. The zero-order valence-corrected chi connectivity index (χ0v) is 30.0. The first-order chi connectivity index (χ1) is 27.7. The number of hydrogen-bond acceptors (Lipinski definition) is 5. The molecule has 3 heterocycles. The second-order valence-electron chi connectivity index (χ2n) is 14.6. The molecule has 1 atom stereocenters. The highest BCUT2D eigenvalue weighted by Crippen LogP contribution is 2.40. The van der Waals surface area contributed by atoms with Crippen LogP contribution in [-0.2, 0) is 0 Å². The Morgan fingerprint density at radius 2 is 1.05 bits per heavy atom. The summed E-state index contributed by atoms with van der Waals surface area (Å²) in [5.74, 6) is 1.35. The zero-order chi connectivity index (χ0) is 36.7. The smallest absolute Gasteiger partial charge is 0.159 e. The summed E-state index contributed by atoms with van der Waals surface area (Å²) in [5, 5.41) is 15.0. The van der Waals surface area contributed by atoms with Crippen molar-refractivity contribution in [1.82, 2.24) is 5.32 Å². The van der Waals surface area contributed by atoms with E-state index in [-0.39, 0.29) is 0 Å². The van der Waals surface area contributed by atoms with E-state index in [1.807, 2.05) is 24.3 Å². The lowest BCUT2D eigenvalue weighted by Gasteiger charge is -2.24. The molecule has 2 aromatic heterocycles. The molecule has 11 aromatic rings. The molecule has 1 unspecified atom stereocenters. The number of hydrogen-bond donors (Lipinski definition) is 1. The van der Waals surface area contributed by atoms with Gasteiger partial charge in [0.15, 0.2) is 5.84 Å². The van der Waals surface area contributed by atoms with Crippen molar-refractivity contribution in [3.05, 3.63) is 193 Å². The second kappa shape index (κ2) is 12.0. The van der Waals surface area contributed by atoms with E-state index in [2.05, 4.69) is 157 Å². The number of aliphatic imine (C=N–C) groups is 2. The summed E-state index contributed by atoms with van der Waals surface area (Å²) in [6, 6.07) is 61.7. The normalized spacial score (nSPS) is 14.6. The highest BCUT2D eigenvalue weighted by molar-refractivity contribution is 6.24. The van der Waals surface area contributed by atoms with E-state index in [4.69, 9.17) is 18.8 Å². The van der Waals surface area contributed by atoms with Gasteiger partial charge >= 0.3 is 0 Å². The average Bonchev–Trinajstić information content (AvgIpc) is 3.82. The minimum atomic E-state index is -0.410. The van der Waals surface area contributed by atoms with Crippen LogP contribution in [0.5, 0.6) is 0 Å². The van der Waals surface area contributed by atoms with Crippen LogP contribution in [-0.4, -0.2) is 11.7 Å². The third-order valence-electron chi connectivity index (χ3n) is 11.2. The summed E-state index contributed by atoms with van der Waals surface area (Å²) >= 11 is 0. The molecule has 0 amide bonds. The molecular formula is C51H31N3O2. The molecule has 1 N–H and O–H groups in total. The Morgan fingerprint density at radius 1 is 0.411 bits per heavy atom. The molecule has 12 rings (SSSR count). The molecule has 5 heteroatoms. The predicted molar refractivity (Wildman–Crippen MR) is 231 cm³/mol. The molecule has 5 nitrogen and oxygen atoms in total. The maximum absolute atomic E-state index is 6.60. The number of furan rings is 2. The van der Waals surface area contributed by atoms with E-state index in [9.17, 15) is 0 Å². The van der Waals surface area contributed by atoms with Gasteiger partial charge in [-0.3, -0.25) is 0 Å². The number of fused-ring (bicyclic) bond motifs is 9. The van der Waals surface area contributed by atoms with Gasteiger partial charge in [-0.1, -0.05) is 127 Å². The Kier molecular flexibility index (Phi) is 6.63. The van der Waals surface area contributed by atoms with Crippen LogP contribution in [0.4, 0.5) is 0 Å². The highest BCUT2D eigenvalue weighted by atomic mass is 16.3. The van der Waals surface area contributed by atoms with Gasteiger partial charge in [0, 0.05) is 32.7 Å². The van der Waals surface area contributed by atoms with E-state index < -0.39 is 6.17 Å². The molecule has 0 aliphatic carbocycles. The molecule has 0 spiro atoms. The summed E-state index contributed by atoms with van der Waals surface area (Å²) < 4.78 is 13.1. The fraction of sp³-hybridized carbons (Fsp3) is 0.0196.